The zero-order valence-electron chi connectivity index (χ0n) is 16.2. The fraction of sp³-hybridized carbons (Fsp3) is 0.381. The Balaban J connectivity index is 1.55. The fourth-order valence-corrected chi connectivity index (χ4v) is 3.60. The maximum absolute atomic E-state index is 12.5. The van der Waals surface area contributed by atoms with E-state index < -0.39 is 43.4 Å². The summed E-state index contributed by atoms with van der Waals surface area (Å²) >= 11 is 0. The third-order valence-electron chi connectivity index (χ3n) is 5.37. The second-order valence-electron chi connectivity index (χ2n) is 7.46. The zero-order chi connectivity index (χ0) is 22.3. The second-order valence-corrected chi connectivity index (χ2v) is 7.46. The number of aliphatic hydroxyl groups is 4. The van der Waals surface area contributed by atoms with Crippen LogP contribution < -0.4 is 9.47 Å². The first-order valence-corrected chi connectivity index (χ1v) is 9.61. The number of hydrogen-bond donors (Lipinski definition) is 6. The van der Waals surface area contributed by atoms with Crippen molar-refractivity contribution in [3.63, 3.8) is 0 Å². The van der Waals surface area contributed by atoms with Gasteiger partial charge >= 0.3 is 0 Å². The lowest BCUT2D eigenvalue weighted by atomic mass is 9.96. The Morgan fingerprint density at radius 2 is 1.74 bits per heavy atom. The van der Waals surface area contributed by atoms with E-state index in [1.54, 1.807) is 0 Å². The van der Waals surface area contributed by atoms with Gasteiger partial charge in [0.1, 0.15) is 42.0 Å². The molecule has 2 aromatic rings. The van der Waals surface area contributed by atoms with Crippen molar-refractivity contribution in [3.8, 4) is 23.0 Å². The van der Waals surface area contributed by atoms with E-state index in [-0.39, 0.29) is 35.2 Å². The Morgan fingerprint density at radius 3 is 2.45 bits per heavy atom. The van der Waals surface area contributed by atoms with Gasteiger partial charge in [-0.05, 0) is 29.8 Å². The lowest BCUT2D eigenvalue weighted by Crippen LogP contribution is -2.60. The van der Waals surface area contributed by atoms with Gasteiger partial charge in [0.05, 0.1) is 18.6 Å². The molecule has 6 atom stereocenters. The molecule has 2 heterocycles. The number of aliphatic hydroxyl groups excluding tert-OH is 4. The number of ether oxygens (including phenoxy) is 3. The number of fused-ring (bicyclic) bond motifs is 1. The number of Topliss-reactive ketones (excluding diaryl/α,β-unsaturated/α-hetero) is 1. The lowest BCUT2D eigenvalue weighted by Gasteiger charge is -2.39. The predicted molar refractivity (Wildman–Crippen MR) is 103 cm³/mol. The van der Waals surface area contributed by atoms with Crippen molar-refractivity contribution in [2.75, 3.05) is 6.61 Å². The molecule has 1 fully saturated rings. The van der Waals surface area contributed by atoms with Crippen molar-refractivity contribution < 1.29 is 49.6 Å². The number of aromatic hydroxyl groups is 2. The van der Waals surface area contributed by atoms with Crippen molar-refractivity contribution in [2.45, 2.75) is 43.2 Å². The molecule has 2 aromatic carbocycles. The van der Waals surface area contributed by atoms with Crippen LogP contribution in [0.5, 0.6) is 23.0 Å². The molecule has 0 spiro atoms. The monoisotopic (exact) mass is 434 g/mol. The summed E-state index contributed by atoms with van der Waals surface area (Å²) in [5.41, 5.74) is 0.815. The number of ketones is 1. The summed E-state index contributed by atoms with van der Waals surface area (Å²) in [6.45, 7) is -0.590. The molecule has 166 valence electrons. The number of rotatable bonds is 4. The molecule has 0 aliphatic carbocycles. The van der Waals surface area contributed by atoms with Crippen LogP contribution in [-0.4, -0.2) is 73.7 Å². The van der Waals surface area contributed by atoms with E-state index in [0.717, 1.165) is 0 Å². The van der Waals surface area contributed by atoms with Crippen molar-refractivity contribution in [1.29, 1.82) is 0 Å². The standard InChI is InChI=1S/C21H22O10/c22-8-17-18(26)19(27)20(28)21(31-17)29-10-2-3-11-13(24)7-15(30-16(11)6-10)9-1-4-12(23)14(25)5-9/h1-6,15,17-23,25-28H,7-8H2/t15-,17+,18-,19-,20-,21+/m1/s1. The molecule has 31 heavy (non-hydrogen) atoms. The first-order chi connectivity index (χ1) is 14.8. The molecular formula is C21H22O10. The number of carbonyl (C=O) groups is 1. The highest BCUT2D eigenvalue weighted by molar-refractivity contribution is 6.00. The summed E-state index contributed by atoms with van der Waals surface area (Å²) in [5, 5.41) is 58.4. The van der Waals surface area contributed by atoms with Crippen molar-refractivity contribution in [1.82, 2.24) is 0 Å². The van der Waals surface area contributed by atoms with Gasteiger partial charge in [-0.3, -0.25) is 4.79 Å². The third-order valence-corrected chi connectivity index (χ3v) is 5.37. The number of phenols is 2. The molecule has 0 unspecified atom stereocenters. The zero-order valence-corrected chi connectivity index (χ0v) is 16.2. The maximum atomic E-state index is 12.5. The molecule has 4 rings (SSSR count). The Bertz CT molecular complexity index is 975. The molecule has 0 saturated carbocycles. The van der Waals surface area contributed by atoms with Crippen molar-refractivity contribution in [3.05, 3.63) is 47.5 Å². The second kappa shape index (κ2) is 8.33. The number of phenolic OH excluding ortho intramolecular Hbond substituents is 2. The minimum Gasteiger partial charge on any atom is -0.504 e. The summed E-state index contributed by atoms with van der Waals surface area (Å²) in [5.74, 6) is -0.459. The van der Waals surface area contributed by atoms with Crippen LogP contribution in [0.3, 0.4) is 0 Å². The molecule has 0 amide bonds. The minimum absolute atomic E-state index is 0.0319. The molecule has 0 radical (unpaired) electrons. The Morgan fingerprint density at radius 1 is 0.968 bits per heavy atom. The third kappa shape index (κ3) is 4.03. The highest BCUT2D eigenvalue weighted by Crippen LogP contribution is 2.39. The summed E-state index contributed by atoms with van der Waals surface area (Å²) in [6, 6.07) is 8.52. The van der Waals surface area contributed by atoms with Crippen LogP contribution in [0.15, 0.2) is 36.4 Å². The quantitative estimate of drug-likeness (QED) is 0.360. The normalized spacial score (nSPS) is 30.4. The summed E-state index contributed by atoms with van der Waals surface area (Å²) < 4.78 is 16.8. The minimum atomic E-state index is -1.59. The van der Waals surface area contributed by atoms with Gasteiger partial charge < -0.3 is 44.8 Å². The van der Waals surface area contributed by atoms with E-state index in [1.807, 2.05) is 0 Å². The summed E-state index contributed by atoms with van der Waals surface area (Å²) in [6.07, 6.45) is -7.84. The van der Waals surface area contributed by atoms with Crippen LogP contribution in [0.1, 0.15) is 28.4 Å². The number of hydrogen-bond acceptors (Lipinski definition) is 10. The molecule has 1 saturated heterocycles. The first kappa shape index (κ1) is 21.3. The lowest BCUT2D eigenvalue weighted by molar-refractivity contribution is -0.277. The van der Waals surface area contributed by atoms with E-state index in [2.05, 4.69) is 0 Å². The number of carbonyl (C=O) groups excluding carboxylic acids is 1. The predicted octanol–water partition coefficient (Wildman–Crippen LogP) is -0.0170. The van der Waals surface area contributed by atoms with Crippen LogP contribution >= 0.6 is 0 Å². The topological polar surface area (TPSA) is 166 Å². The van der Waals surface area contributed by atoms with Gasteiger partial charge in [0.25, 0.3) is 0 Å². The molecule has 10 heteroatoms. The van der Waals surface area contributed by atoms with Gasteiger partial charge in [0.15, 0.2) is 17.3 Å². The van der Waals surface area contributed by atoms with E-state index in [0.29, 0.717) is 11.1 Å². The fourth-order valence-electron chi connectivity index (χ4n) is 3.60. The SMILES string of the molecule is O=C1C[C@H](c2ccc(O)c(O)c2)Oc2cc(O[C@H]3O[C@@H](CO)[C@@H](O)[C@@H](O)[C@H]3O)ccc21. The van der Waals surface area contributed by atoms with Crippen molar-refractivity contribution in [2.24, 2.45) is 0 Å². The van der Waals surface area contributed by atoms with Gasteiger partial charge in [-0.15, -0.1) is 0 Å². The number of benzene rings is 2. The van der Waals surface area contributed by atoms with E-state index in [9.17, 15) is 35.4 Å². The summed E-state index contributed by atoms with van der Waals surface area (Å²) in [7, 11) is 0. The van der Waals surface area contributed by atoms with E-state index in [4.69, 9.17) is 14.2 Å². The van der Waals surface area contributed by atoms with Gasteiger partial charge in [-0.1, -0.05) is 6.07 Å². The van der Waals surface area contributed by atoms with E-state index >= 15 is 0 Å². The first-order valence-electron chi connectivity index (χ1n) is 9.61. The van der Waals surface area contributed by atoms with Crippen LogP contribution in [0.2, 0.25) is 0 Å². The van der Waals surface area contributed by atoms with Crippen LogP contribution in [0.4, 0.5) is 0 Å². The highest BCUT2D eigenvalue weighted by Gasteiger charge is 2.44. The molecule has 10 nitrogen and oxygen atoms in total. The largest absolute Gasteiger partial charge is 0.504 e. The Hall–Kier alpha value is -2.89. The van der Waals surface area contributed by atoms with Gasteiger partial charge in [-0.2, -0.15) is 0 Å². The highest BCUT2D eigenvalue weighted by atomic mass is 16.7. The van der Waals surface area contributed by atoms with Crippen LogP contribution in [-0.2, 0) is 4.74 Å². The van der Waals surface area contributed by atoms with E-state index in [1.165, 1.54) is 36.4 Å². The summed E-state index contributed by atoms with van der Waals surface area (Å²) in [4.78, 5) is 12.5. The molecule has 6 N–H and O–H groups in total. The maximum Gasteiger partial charge on any atom is 0.229 e. The molecule has 0 bridgehead atoms. The molecule has 0 aromatic heterocycles. The molecule has 2 aliphatic rings. The van der Waals surface area contributed by atoms with Crippen LogP contribution in [0, 0.1) is 0 Å². The van der Waals surface area contributed by atoms with Crippen LogP contribution in [0.25, 0.3) is 0 Å². The van der Waals surface area contributed by atoms with Gasteiger partial charge in [0, 0.05) is 6.07 Å². The average molecular weight is 434 g/mol. The van der Waals surface area contributed by atoms with Gasteiger partial charge in [-0.25, -0.2) is 0 Å². The molecular weight excluding hydrogens is 412 g/mol. The Labute approximate surface area is 176 Å². The average Bonchev–Trinajstić information content (AvgIpc) is 2.75. The smallest absolute Gasteiger partial charge is 0.229 e. The molecule has 2 aliphatic heterocycles. The van der Waals surface area contributed by atoms with Gasteiger partial charge in [0.2, 0.25) is 6.29 Å². The van der Waals surface area contributed by atoms with Crippen molar-refractivity contribution >= 4 is 5.78 Å². The Kier molecular flexibility index (Phi) is 5.73.